The summed E-state index contributed by atoms with van der Waals surface area (Å²) in [5.41, 5.74) is 0. The summed E-state index contributed by atoms with van der Waals surface area (Å²) >= 11 is 0. The van der Waals surface area contributed by atoms with Gasteiger partial charge in [-0.3, -0.25) is 0 Å². The van der Waals surface area contributed by atoms with E-state index in [0.29, 0.717) is 26.4 Å². The molecule has 0 spiro atoms. The zero-order valence-corrected chi connectivity index (χ0v) is 14.2. The van der Waals surface area contributed by atoms with Gasteiger partial charge in [0.1, 0.15) is 0 Å². The van der Waals surface area contributed by atoms with Crippen LogP contribution in [-0.2, 0) is 18.0 Å². The van der Waals surface area contributed by atoms with Crippen LogP contribution in [0.4, 0.5) is 0 Å². The van der Waals surface area contributed by atoms with Crippen LogP contribution in [0.25, 0.3) is 0 Å². The zero-order valence-electron chi connectivity index (χ0n) is 13.2. The van der Waals surface area contributed by atoms with Crippen molar-refractivity contribution in [2.45, 2.75) is 53.5 Å². The van der Waals surface area contributed by atoms with Gasteiger partial charge in [0.05, 0.1) is 12.4 Å². The molecule has 0 aromatic carbocycles. The molecule has 0 radical (unpaired) electrons. The Hall–Kier alpha value is -0.363. The second-order valence-electron chi connectivity index (χ2n) is 4.04. The average molecular weight is 290 g/mol. The Balaban J connectivity index is 4.24. The number of hydrogen-bond acceptors (Lipinski definition) is 4. The van der Waals surface area contributed by atoms with E-state index in [0.717, 1.165) is 24.6 Å². The molecule has 114 valence electrons. The Morgan fingerprint density at radius 1 is 0.947 bits per heavy atom. The van der Waals surface area contributed by atoms with Gasteiger partial charge in [0, 0.05) is 32.3 Å². The predicted molar refractivity (Wildman–Crippen MR) is 80.1 cm³/mol. The lowest BCUT2D eigenvalue weighted by Gasteiger charge is -2.28. The number of rotatable bonds is 12. The van der Waals surface area contributed by atoms with Crippen molar-refractivity contribution in [3.8, 4) is 0 Å². The Labute approximate surface area is 119 Å². The first-order valence-electron chi connectivity index (χ1n) is 7.37. The standard InChI is InChI=1S/C14H30O4Si/c1-6-14(7-2)15-12-11-13-19(16-8-3,17-9-4)18-10-5/h6H,7-13H2,1-5H3/b14-6-. The monoisotopic (exact) mass is 290 g/mol. The van der Waals surface area contributed by atoms with Crippen LogP contribution >= 0.6 is 0 Å². The molecular formula is C14H30O4Si. The summed E-state index contributed by atoms with van der Waals surface area (Å²) in [4.78, 5) is 0. The highest BCUT2D eigenvalue weighted by Gasteiger charge is 2.39. The average Bonchev–Trinajstić information content (AvgIpc) is 2.40. The minimum atomic E-state index is -2.49. The molecule has 0 amide bonds. The van der Waals surface area contributed by atoms with E-state index in [-0.39, 0.29) is 0 Å². The topological polar surface area (TPSA) is 36.9 Å². The highest BCUT2D eigenvalue weighted by molar-refractivity contribution is 6.60. The molecular weight excluding hydrogens is 260 g/mol. The fraction of sp³-hybridized carbons (Fsp3) is 0.857. The fourth-order valence-electron chi connectivity index (χ4n) is 1.88. The molecule has 0 aliphatic carbocycles. The van der Waals surface area contributed by atoms with Gasteiger partial charge in [-0.1, -0.05) is 6.92 Å². The van der Waals surface area contributed by atoms with Crippen LogP contribution in [0, 0.1) is 0 Å². The van der Waals surface area contributed by atoms with Crippen molar-refractivity contribution >= 4 is 8.80 Å². The SMILES string of the molecule is C/C=C(/CC)OCCC[Si](OCC)(OCC)OCC. The smallest absolute Gasteiger partial charge is 0.498 e. The van der Waals surface area contributed by atoms with Crippen molar-refractivity contribution in [3.05, 3.63) is 11.8 Å². The fourth-order valence-corrected chi connectivity index (χ4v) is 4.46. The normalized spacial score (nSPS) is 12.8. The maximum Gasteiger partial charge on any atom is 0.501 e. The molecule has 5 heteroatoms. The Morgan fingerprint density at radius 2 is 1.47 bits per heavy atom. The van der Waals surface area contributed by atoms with Crippen molar-refractivity contribution < 1.29 is 18.0 Å². The van der Waals surface area contributed by atoms with Crippen LogP contribution < -0.4 is 0 Å². The van der Waals surface area contributed by atoms with Gasteiger partial charge >= 0.3 is 8.80 Å². The number of ether oxygens (including phenoxy) is 1. The summed E-state index contributed by atoms with van der Waals surface area (Å²) < 4.78 is 23.1. The molecule has 4 nitrogen and oxygen atoms in total. The molecule has 0 N–H and O–H groups in total. The third-order valence-electron chi connectivity index (χ3n) is 2.68. The lowest BCUT2D eigenvalue weighted by Crippen LogP contribution is -2.46. The van der Waals surface area contributed by atoms with Gasteiger partial charge in [-0.2, -0.15) is 0 Å². The van der Waals surface area contributed by atoms with Gasteiger partial charge in [-0.05, 0) is 40.2 Å². The van der Waals surface area contributed by atoms with Crippen molar-refractivity contribution in [3.63, 3.8) is 0 Å². The molecule has 0 aromatic heterocycles. The van der Waals surface area contributed by atoms with Crippen molar-refractivity contribution in [1.29, 1.82) is 0 Å². The van der Waals surface area contributed by atoms with Crippen LogP contribution in [0.15, 0.2) is 11.8 Å². The number of hydrogen-bond donors (Lipinski definition) is 0. The molecule has 0 aromatic rings. The van der Waals surface area contributed by atoms with E-state index in [2.05, 4.69) is 6.92 Å². The van der Waals surface area contributed by atoms with E-state index in [9.17, 15) is 0 Å². The lowest BCUT2D eigenvalue weighted by atomic mass is 10.4. The van der Waals surface area contributed by atoms with Crippen LogP contribution in [0.1, 0.15) is 47.5 Å². The summed E-state index contributed by atoms with van der Waals surface area (Å²) in [7, 11) is -2.49. The third-order valence-corrected chi connectivity index (χ3v) is 5.83. The maximum atomic E-state index is 5.79. The molecule has 0 atom stereocenters. The summed E-state index contributed by atoms with van der Waals surface area (Å²) in [5, 5.41) is 0. The van der Waals surface area contributed by atoms with Gasteiger partial charge < -0.3 is 18.0 Å². The van der Waals surface area contributed by atoms with E-state index >= 15 is 0 Å². The molecule has 0 rings (SSSR count). The third kappa shape index (κ3) is 7.72. The second kappa shape index (κ2) is 11.5. The first-order chi connectivity index (χ1) is 9.17. The summed E-state index contributed by atoms with van der Waals surface area (Å²) in [6.45, 7) is 12.6. The summed E-state index contributed by atoms with van der Waals surface area (Å²) in [5.74, 6) is 1.04. The summed E-state index contributed by atoms with van der Waals surface area (Å²) in [6.07, 6.45) is 3.84. The van der Waals surface area contributed by atoms with Crippen LogP contribution in [0.2, 0.25) is 6.04 Å². The van der Waals surface area contributed by atoms with Gasteiger partial charge in [0.15, 0.2) is 0 Å². The van der Waals surface area contributed by atoms with Crippen molar-refractivity contribution in [1.82, 2.24) is 0 Å². The van der Waals surface area contributed by atoms with E-state index < -0.39 is 8.80 Å². The van der Waals surface area contributed by atoms with Gasteiger partial charge in [-0.25, -0.2) is 0 Å². The lowest BCUT2D eigenvalue weighted by molar-refractivity contribution is 0.0684. The Morgan fingerprint density at radius 3 is 1.84 bits per heavy atom. The van der Waals surface area contributed by atoms with Crippen molar-refractivity contribution in [2.75, 3.05) is 26.4 Å². The second-order valence-corrected chi connectivity index (χ2v) is 6.77. The predicted octanol–water partition coefficient (Wildman–Crippen LogP) is 3.76. The Bertz CT molecular complexity index is 227. The number of allylic oxidation sites excluding steroid dienone is 2. The molecule has 0 bridgehead atoms. The maximum absolute atomic E-state index is 5.79. The van der Waals surface area contributed by atoms with E-state index in [1.807, 2.05) is 33.8 Å². The minimum absolute atomic E-state index is 0.627. The summed E-state index contributed by atoms with van der Waals surface area (Å²) in [6, 6.07) is 0.809. The van der Waals surface area contributed by atoms with E-state index in [1.165, 1.54) is 0 Å². The first kappa shape index (κ1) is 18.6. The van der Waals surface area contributed by atoms with Crippen LogP contribution in [0.3, 0.4) is 0 Å². The first-order valence-corrected chi connectivity index (χ1v) is 9.30. The van der Waals surface area contributed by atoms with Gasteiger partial charge in [0.2, 0.25) is 0 Å². The minimum Gasteiger partial charge on any atom is -0.498 e. The molecule has 0 saturated carbocycles. The van der Waals surface area contributed by atoms with E-state index in [4.69, 9.17) is 18.0 Å². The molecule has 0 fully saturated rings. The van der Waals surface area contributed by atoms with Gasteiger partial charge in [0.25, 0.3) is 0 Å². The molecule has 0 heterocycles. The van der Waals surface area contributed by atoms with Crippen LogP contribution in [-0.4, -0.2) is 35.2 Å². The largest absolute Gasteiger partial charge is 0.501 e. The molecule has 19 heavy (non-hydrogen) atoms. The zero-order chi connectivity index (χ0) is 14.6. The molecule has 0 saturated heterocycles. The van der Waals surface area contributed by atoms with E-state index in [1.54, 1.807) is 0 Å². The van der Waals surface area contributed by atoms with Crippen molar-refractivity contribution in [2.24, 2.45) is 0 Å². The molecule has 0 aliphatic rings. The molecule has 0 unspecified atom stereocenters. The highest BCUT2D eigenvalue weighted by Crippen LogP contribution is 2.18. The molecule has 0 aliphatic heterocycles. The highest BCUT2D eigenvalue weighted by atomic mass is 28.4. The van der Waals surface area contributed by atoms with Crippen LogP contribution in [0.5, 0.6) is 0 Å². The van der Waals surface area contributed by atoms with Gasteiger partial charge in [-0.15, -0.1) is 0 Å². The quantitative estimate of drug-likeness (QED) is 0.311. The Kier molecular flexibility index (Phi) is 11.2.